The minimum absolute atomic E-state index is 0.0385. The summed E-state index contributed by atoms with van der Waals surface area (Å²) >= 11 is 0. The van der Waals surface area contributed by atoms with E-state index >= 15 is 0 Å². The second-order valence-corrected chi connectivity index (χ2v) is 5.41. The molecule has 21 heavy (non-hydrogen) atoms. The molecule has 1 amide bonds. The third-order valence-electron chi connectivity index (χ3n) is 3.78. The van der Waals surface area contributed by atoms with Gasteiger partial charge in [0.1, 0.15) is 6.26 Å². The van der Waals surface area contributed by atoms with E-state index in [1.165, 1.54) is 0 Å². The van der Waals surface area contributed by atoms with E-state index in [0.29, 0.717) is 18.4 Å². The van der Waals surface area contributed by atoms with Crippen molar-refractivity contribution in [3.05, 3.63) is 36.2 Å². The van der Waals surface area contributed by atoms with Gasteiger partial charge in [0, 0.05) is 23.7 Å². The molecule has 1 aromatic heterocycles. The number of nitrogens with one attached hydrogen (secondary N) is 2. The Morgan fingerprint density at radius 3 is 3.14 bits per heavy atom. The first-order valence-corrected chi connectivity index (χ1v) is 7.26. The van der Waals surface area contributed by atoms with Gasteiger partial charge in [0.05, 0.1) is 6.20 Å². The molecule has 5 nitrogen and oxygen atoms in total. The molecule has 0 aliphatic carbocycles. The van der Waals surface area contributed by atoms with E-state index < -0.39 is 0 Å². The molecule has 1 fully saturated rings. The number of aromatic nitrogens is 1. The van der Waals surface area contributed by atoms with Crippen LogP contribution in [0.25, 0.3) is 11.5 Å². The predicted octanol–water partition coefficient (Wildman–Crippen LogP) is 2.73. The molecule has 2 aromatic rings. The average molecular weight is 285 g/mol. The van der Waals surface area contributed by atoms with Crippen molar-refractivity contribution in [3.63, 3.8) is 0 Å². The number of nitrogens with zero attached hydrogens (tertiary/aromatic N) is 1. The molecule has 2 heterocycles. The summed E-state index contributed by atoms with van der Waals surface area (Å²) in [4.78, 5) is 16.2. The highest BCUT2D eigenvalue weighted by molar-refractivity contribution is 5.91. The Bertz CT molecular complexity index is 616. The average Bonchev–Trinajstić information content (AvgIpc) is 3.13. The fourth-order valence-electron chi connectivity index (χ4n) is 2.65. The number of hydrogen-bond acceptors (Lipinski definition) is 4. The Morgan fingerprint density at radius 2 is 2.43 bits per heavy atom. The van der Waals surface area contributed by atoms with Crippen molar-refractivity contribution in [3.8, 4) is 11.5 Å². The van der Waals surface area contributed by atoms with Crippen LogP contribution in [0.5, 0.6) is 0 Å². The fourth-order valence-corrected chi connectivity index (χ4v) is 2.65. The number of aryl methyl sites for hydroxylation is 1. The molecular weight excluding hydrogens is 266 g/mol. The lowest BCUT2D eigenvalue weighted by Gasteiger charge is -2.11. The molecule has 3 rings (SSSR count). The van der Waals surface area contributed by atoms with Crippen LogP contribution in [0, 0.1) is 6.92 Å². The maximum atomic E-state index is 12.1. The molecule has 5 heteroatoms. The first-order valence-electron chi connectivity index (χ1n) is 7.26. The van der Waals surface area contributed by atoms with Crippen molar-refractivity contribution >= 4 is 11.6 Å². The summed E-state index contributed by atoms with van der Waals surface area (Å²) in [6.07, 6.45) is 5.90. The Balaban J connectivity index is 1.71. The molecular formula is C16H19N3O2. The molecule has 0 spiro atoms. The van der Waals surface area contributed by atoms with Crippen molar-refractivity contribution < 1.29 is 9.21 Å². The SMILES string of the molecule is Cc1ccc(NC(=O)CC2CCCN2)cc1-c1ncco1. The minimum Gasteiger partial charge on any atom is -0.445 e. The van der Waals surface area contributed by atoms with Gasteiger partial charge in [0.15, 0.2) is 0 Å². The highest BCUT2D eigenvalue weighted by Gasteiger charge is 2.18. The summed E-state index contributed by atoms with van der Waals surface area (Å²) in [6, 6.07) is 6.08. The molecule has 1 atom stereocenters. The number of carbonyl (C=O) groups excluding carboxylic acids is 1. The van der Waals surface area contributed by atoms with Crippen LogP contribution < -0.4 is 10.6 Å². The van der Waals surface area contributed by atoms with Gasteiger partial charge < -0.3 is 15.1 Å². The van der Waals surface area contributed by atoms with E-state index in [1.54, 1.807) is 12.5 Å². The zero-order valence-corrected chi connectivity index (χ0v) is 12.1. The van der Waals surface area contributed by atoms with E-state index in [-0.39, 0.29) is 5.91 Å². The molecule has 0 bridgehead atoms. The quantitative estimate of drug-likeness (QED) is 0.906. The second-order valence-electron chi connectivity index (χ2n) is 5.41. The predicted molar refractivity (Wildman–Crippen MR) is 80.9 cm³/mol. The van der Waals surface area contributed by atoms with Crippen molar-refractivity contribution in [1.29, 1.82) is 0 Å². The van der Waals surface area contributed by atoms with Crippen molar-refractivity contribution in [1.82, 2.24) is 10.3 Å². The smallest absolute Gasteiger partial charge is 0.226 e. The maximum absolute atomic E-state index is 12.1. The maximum Gasteiger partial charge on any atom is 0.226 e. The first-order chi connectivity index (χ1) is 10.2. The largest absolute Gasteiger partial charge is 0.445 e. The molecule has 1 saturated heterocycles. The minimum atomic E-state index is 0.0385. The molecule has 1 unspecified atom stereocenters. The van der Waals surface area contributed by atoms with Crippen LogP contribution in [0.3, 0.4) is 0 Å². The lowest BCUT2D eigenvalue weighted by atomic mass is 10.1. The second kappa shape index (κ2) is 6.10. The van der Waals surface area contributed by atoms with E-state index in [0.717, 1.165) is 36.2 Å². The third-order valence-corrected chi connectivity index (χ3v) is 3.78. The number of hydrogen-bond donors (Lipinski definition) is 2. The number of oxazole rings is 1. The fraction of sp³-hybridized carbons (Fsp3) is 0.375. The summed E-state index contributed by atoms with van der Waals surface area (Å²) in [6.45, 7) is 3.00. The molecule has 110 valence electrons. The number of amides is 1. The van der Waals surface area contributed by atoms with Gasteiger partial charge in [0.2, 0.25) is 11.8 Å². The normalized spacial score (nSPS) is 17.9. The molecule has 0 radical (unpaired) electrons. The van der Waals surface area contributed by atoms with E-state index in [9.17, 15) is 4.79 Å². The summed E-state index contributed by atoms with van der Waals surface area (Å²) in [5, 5.41) is 6.28. The summed E-state index contributed by atoms with van der Waals surface area (Å²) in [5.74, 6) is 0.609. The van der Waals surface area contributed by atoms with Gasteiger partial charge in [0.25, 0.3) is 0 Å². The molecule has 2 N–H and O–H groups in total. The Kier molecular flexibility index (Phi) is 4.01. The summed E-state index contributed by atoms with van der Waals surface area (Å²) in [5.41, 5.74) is 2.74. The van der Waals surface area contributed by atoms with Gasteiger partial charge in [-0.3, -0.25) is 4.79 Å². The standard InChI is InChI=1S/C16H19N3O2/c1-11-4-5-13(9-14(11)16-18-7-8-21-16)19-15(20)10-12-3-2-6-17-12/h4-5,7-9,12,17H,2-3,6,10H2,1H3,(H,19,20). The van der Waals surface area contributed by atoms with Gasteiger partial charge in [-0.1, -0.05) is 6.07 Å². The van der Waals surface area contributed by atoms with Gasteiger partial charge in [-0.15, -0.1) is 0 Å². The number of benzene rings is 1. The molecule has 0 saturated carbocycles. The highest BCUT2D eigenvalue weighted by atomic mass is 16.3. The van der Waals surface area contributed by atoms with Crippen LogP contribution >= 0.6 is 0 Å². The zero-order valence-electron chi connectivity index (χ0n) is 12.1. The zero-order chi connectivity index (χ0) is 14.7. The lowest BCUT2D eigenvalue weighted by molar-refractivity contribution is -0.116. The Labute approximate surface area is 123 Å². The van der Waals surface area contributed by atoms with Crippen LogP contribution in [0.15, 0.2) is 35.1 Å². The van der Waals surface area contributed by atoms with Crippen LogP contribution in [0.1, 0.15) is 24.8 Å². The number of carbonyl (C=O) groups is 1. The summed E-state index contributed by atoms with van der Waals surface area (Å²) in [7, 11) is 0. The van der Waals surface area contributed by atoms with E-state index in [2.05, 4.69) is 15.6 Å². The van der Waals surface area contributed by atoms with Gasteiger partial charge in [-0.2, -0.15) is 0 Å². The Hall–Kier alpha value is -2.14. The monoisotopic (exact) mass is 285 g/mol. The van der Waals surface area contributed by atoms with Crippen molar-refractivity contribution in [2.45, 2.75) is 32.2 Å². The summed E-state index contributed by atoms with van der Waals surface area (Å²) < 4.78 is 5.33. The van der Waals surface area contributed by atoms with Crippen LogP contribution in [-0.2, 0) is 4.79 Å². The Morgan fingerprint density at radius 1 is 1.52 bits per heavy atom. The number of rotatable bonds is 4. The van der Waals surface area contributed by atoms with Crippen LogP contribution in [0.2, 0.25) is 0 Å². The van der Waals surface area contributed by atoms with Crippen molar-refractivity contribution in [2.75, 3.05) is 11.9 Å². The van der Waals surface area contributed by atoms with Gasteiger partial charge in [-0.25, -0.2) is 4.98 Å². The first kappa shape index (κ1) is 13.8. The van der Waals surface area contributed by atoms with Gasteiger partial charge >= 0.3 is 0 Å². The van der Waals surface area contributed by atoms with Crippen LogP contribution in [-0.4, -0.2) is 23.5 Å². The molecule has 1 aliphatic heterocycles. The van der Waals surface area contributed by atoms with E-state index in [1.807, 2.05) is 25.1 Å². The van der Waals surface area contributed by atoms with Crippen LogP contribution in [0.4, 0.5) is 5.69 Å². The highest BCUT2D eigenvalue weighted by Crippen LogP contribution is 2.25. The van der Waals surface area contributed by atoms with Gasteiger partial charge in [-0.05, 0) is 44.0 Å². The lowest BCUT2D eigenvalue weighted by Crippen LogP contribution is -2.27. The van der Waals surface area contributed by atoms with Crippen molar-refractivity contribution in [2.24, 2.45) is 0 Å². The number of anilines is 1. The third kappa shape index (κ3) is 3.31. The molecule has 1 aliphatic rings. The molecule has 1 aromatic carbocycles. The topological polar surface area (TPSA) is 67.2 Å². The van der Waals surface area contributed by atoms with E-state index in [4.69, 9.17) is 4.42 Å².